The van der Waals surface area contributed by atoms with Crippen molar-refractivity contribution < 1.29 is 22.7 Å². The molecule has 7 nitrogen and oxygen atoms in total. The molecule has 0 spiro atoms. The molecule has 0 bridgehead atoms. The average molecular weight is 407 g/mol. The molecule has 2 rings (SSSR count). The summed E-state index contributed by atoms with van der Waals surface area (Å²) in [6.45, 7) is 0.470. The standard InChI is InChI=1S/C20H26N2O5S/c1-22(2)28(24,25)17-9-5-8-16(14-17)20(23)21-12-6-7-15-10-11-18(26-3)19(13-15)27-4/h5,8-11,13-14H,6-7,12H2,1-4H3,(H,21,23). The first-order chi connectivity index (χ1) is 13.3. The minimum Gasteiger partial charge on any atom is -0.493 e. The Morgan fingerprint density at radius 2 is 1.75 bits per heavy atom. The lowest BCUT2D eigenvalue weighted by atomic mass is 10.1. The van der Waals surface area contributed by atoms with Gasteiger partial charge in [0.1, 0.15) is 0 Å². The van der Waals surface area contributed by atoms with E-state index in [4.69, 9.17) is 9.47 Å². The molecule has 0 atom stereocenters. The minimum absolute atomic E-state index is 0.0930. The highest BCUT2D eigenvalue weighted by Crippen LogP contribution is 2.27. The van der Waals surface area contributed by atoms with Crippen LogP contribution in [-0.4, -0.2) is 53.5 Å². The Balaban J connectivity index is 1.93. The van der Waals surface area contributed by atoms with Crippen molar-refractivity contribution in [2.24, 2.45) is 0 Å². The van der Waals surface area contributed by atoms with Crippen LogP contribution in [0.4, 0.5) is 0 Å². The van der Waals surface area contributed by atoms with Crippen molar-refractivity contribution in [2.75, 3.05) is 34.9 Å². The normalized spacial score (nSPS) is 11.3. The van der Waals surface area contributed by atoms with Crippen molar-refractivity contribution in [3.63, 3.8) is 0 Å². The van der Waals surface area contributed by atoms with E-state index in [1.807, 2.05) is 18.2 Å². The van der Waals surface area contributed by atoms with Crippen LogP contribution < -0.4 is 14.8 Å². The zero-order chi connectivity index (χ0) is 20.7. The van der Waals surface area contributed by atoms with Gasteiger partial charge in [-0.1, -0.05) is 12.1 Å². The molecule has 0 fully saturated rings. The summed E-state index contributed by atoms with van der Waals surface area (Å²) < 4.78 is 36.0. The zero-order valence-electron chi connectivity index (χ0n) is 16.6. The van der Waals surface area contributed by atoms with Gasteiger partial charge in [0.05, 0.1) is 19.1 Å². The molecule has 0 aromatic heterocycles. The molecule has 1 amide bonds. The number of ether oxygens (including phenoxy) is 2. The Morgan fingerprint density at radius 3 is 2.39 bits per heavy atom. The van der Waals surface area contributed by atoms with Crippen molar-refractivity contribution in [2.45, 2.75) is 17.7 Å². The lowest BCUT2D eigenvalue weighted by Gasteiger charge is -2.12. The van der Waals surface area contributed by atoms with Gasteiger partial charge in [-0.15, -0.1) is 0 Å². The molecule has 2 aromatic rings. The van der Waals surface area contributed by atoms with E-state index < -0.39 is 10.0 Å². The van der Waals surface area contributed by atoms with Gasteiger partial charge in [0.15, 0.2) is 11.5 Å². The third kappa shape index (κ3) is 5.24. The molecule has 1 N–H and O–H groups in total. The van der Waals surface area contributed by atoms with Gasteiger partial charge >= 0.3 is 0 Å². The molecule has 2 aromatic carbocycles. The molecule has 0 aliphatic heterocycles. The van der Waals surface area contributed by atoms with Gasteiger partial charge in [-0.3, -0.25) is 4.79 Å². The smallest absolute Gasteiger partial charge is 0.251 e. The van der Waals surface area contributed by atoms with Crippen LogP contribution in [0.5, 0.6) is 11.5 Å². The lowest BCUT2D eigenvalue weighted by Crippen LogP contribution is -2.26. The number of nitrogens with one attached hydrogen (secondary N) is 1. The molecular weight excluding hydrogens is 380 g/mol. The van der Waals surface area contributed by atoms with Gasteiger partial charge in [-0.2, -0.15) is 0 Å². The molecular formula is C20H26N2O5S. The summed E-state index contributed by atoms with van der Waals surface area (Å²) in [6.07, 6.45) is 1.49. The number of hydrogen-bond acceptors (Lipinski definition) is 5. The predicted molar refractivity (Wildman–Crippen MR) is 108 cm³/mol. The molecule has 0 unspecified atom stereocenters. The Bertz CT molecular complexity index is 926. The molecule has 0 saturated carbocycles. The summed E-state index contributed by atoms with van der Waals surface area (Å²) >= 11 is 0. The molecule has 8 heteroatoms. The number of benzene rings is 2. The van der Waals surface area contributed by atoms with E-state index >= 15 is 0 Å². The van der Waals surface area contributed by atoms with Gasteiger partial charge in [-0.25, -0.2) is 12.7 Å². The number of methoxy groups -OCH3 is 2. The number of carbonyl (C=O) groups excluding carboxylic acids is 1. The highest BCUT2D eigenvalue weighted by Gasteiger charge is 2.18. The van der Waals surface area contributed by atoms with E-state index in [0.29, 0.717) is 23.6 Å². The first-order valence-corrected chi connectivity index (χ1v) is 10.2. The minimum atomic E-state index is -3.58. The summed E-state index contributed by atoms with van der Waals surface area (Å²) in [4.78, 5) is 12.4. The predicted octanol–water partition coefficient (Wildman–Crippen LogP) is 2.32. The third-order valence-corrected chi connectivity index (χ3v) is 6.06. The number of hydrogen-bond donors (Lipinski definition) is 1. The van der Waals surface area contributed by atoms with Crippen molar-refractivity contribution in [3.8, 4) is 11.5 Å². The van der Waals surface area contributed by atoms with Gasteiger partial charge < -0.3 is 14.8 Å². The first-order valence-electron chi connectivity index (χ1n) is 8.81. The van der Waals surface area contributed by atoms with Crippen molar-refractivity contribution in [1.82, 2.24) is 9.62 Å². The fourth-order valence-electron chi connectivity index (χ4n) is 2.64. The summed E-state index contributed by atoms with van der Waals surface area (Å²) in [6, 6.07) is 11.7. The van der Waals surface area contributed by atoms with E-state index in [1.54, 1.807) is 26.4 Å². The molecule has 152 valence electrons. The summed E-state index contributed by atoms with van der Waals surface area (Å²) in [7, 11) is 2.51. The van der Waals surface area contributed by atoms with Crippen molar-refractivity contribution in [1.29, 1.82) is 0 Å². The van der Waals surface area contributed by atoms with Crippen LogP contribution in [0.25, 0.3) is 0 Å². The Labute approximate surface area is 166 Å². The SMILES string of the molecule is COc1ccc(CCCNC(=O)c2cccc(S(=O)(=O)N(C)C)c2)cc1OC. The molecule has 0 heterocycles. The van der Waals surface area contributed by atoms with E-state index in [0.717, 1.165) is 22.7 Å². The number of aryl methyl sites for hydroxylation is 1. The maximum atomic E-state index is 12.3. The van der Waals surface area contributed by atoms with Crippen LogP contribution in [-0.2, 0) is 16.4 Å². The maximum Gasteiger partial charge on any atom is 0.251 e. The molecule has 0 saturated heterocycles. The zero-order valence-corrected chi connectivity index (χ0v) is 17.4. The second-order valence-electron chi connectivity index (χ2n) is 6.36. The van der Waals surface area contributed by atoms with E-state index in [9.17, 15) is 13.2 Å². The monoisotopic (exact) mass is 406 g/mol. The van der Waals surface area contributed by atoms with E-state index in [-0.39, 0.29) is 10.8 Å². The quantitative estimate of drug-likeness (QED) is 0.646. The first kappa shape index (κ1) is 21.7. The fraction of sp³-hybridized carbons (Fsp3) is 0.350. The van der Waals surface area contributed by atoms with Crippen molar-refractivity contribution >= 4 is 15.9 Å². The summed E-state index contributed by atoms with van der Waals surface area (Å²) in [5, 5.41) is 2.82. The van der Waals surface area contributed by atoms with Gasteiger partial charge in [0, 0.05) is 26.2 Å². The topological polar surface area (TPSA) is 84.9 Å². The number of carbonyl (C=O) groups is 1. The Hall–Kier alpha value is -2.58. The number of amides is 1. The van der Waals surface area contributed by atoms with Gasteiger partial charge in [-0.05, 0) is 48.7 Å². The number of sulfonamides is 1. The fourth-order valence-corrected chi connectivity index (χ4v) is 3.59. The van der Waals surface area contributed by atoms with Crippen molar-refractivity contribution in [3.05, 3.63) is 53.6 Å². The van der Waals surface area contributed by atoms with Gasteiger partial charge in [0.25, 0.3) is 5.91 Å². The van der Waals surface area contributed by atoms with Crippen LogP contribution in [0.3, 0.4) is 0 Å². The van der Waals surface area contributed by atoms with Crippen LogP contribution in [0.1, 0.15) is 22.3 Å². The highest BCUT2D eigenvalue weighted by atomic mass is 32.2. The van der Waals surface area contributed by atoms with Crippen LogP contribution in [0.15, 0.2) is 47.4 Å². The second-order valence-corrected chi connectivity index (χ2v) is 8.52. The number of nitrogens with zero attached hydrogens (tertiary/aromatic N) is 1. The largest absolute Gasteiger partial charge is 0.493 e. The van der Waals surface area contributed by atoms with E-state index in [2.05, 4.69) is 5.32 Å². The van der Waals surface area contributed by atoms with Crippen LogP contribution in [0, 0.1) is 0 Å². The summed E-state index contributed by atoms with van der Waals surface area (Å²) in [5.74, 6) is 1.04. The van der Waals surface area contributed by atoms with E-state index in [1.165, 1.54) is 26.2 Å². The number of rotatable bonds is 9. The highest BCUT2D eigenvalue weighted by molar-refractivity contribution is 7.89. The average Bonchev–Trinajstić information content (AvgIpc) is 2.70. The molecule has 0 radical (unpaired) electrons. The Morgan fingerprint density at radius 1 is 1.04 bits per heavy atom. The lowest BCUT2D eigenvalue weighted by molar-refractivity contribution is 0.0953. The summed E-state index contributed by atoms with van der Waals surface area (Å²) in [5.41, 5.74) is 1.39. The van der Waals surface area contributed by atoms with Gasteiger partial charge in [0.2, 0.25) is 10.0 Å². The van der Waals surface area contributed by atoms with Crippen LogP contribution >= 0.6 is 0 Å². The molecule has 0 aliphatic carbocycles. The van der Waals surface area contributed by atoms with Crippen LogP contribution in [0.2, 0.25) is 0 Å². The molecule has 28 heavy (non-hydrogen) atoms. The maximum absolute atomic E-state index is 12.3. The Kier molecular flexibility index (Phi) is 7.42. The molecule has 0 aliphatic rings. The second kappa shape index (κ2) is 9.57. The third-order valence-electron chi connectivity index (χ3n) is 4.25.